The molecule has 1 fully saturated rings. The summed E-state index contributed by atoms with van der Waals surface area (Å²) in [5.41, 5.74) is 0.293. The lowest BCUT2D eigenvalue weighted by Gasteiger charge is -2.24. The first-order chi connectivity index (χ1) is 8.35. The van der Waals surface area contributed by atoms with Crippen molar-refractivity contribution in [2.24, 2.45) is 5.41 Å². The fraction of sp³-hybridized carbons (Fsp3) is 1.00. The van der Waals surface area contributed by atoms with Crippen molar-refractivity contribution in [3.8, 4) is 0 Å². The minimum Gasteiger partial charge on any atom is -0.372 e. The van der Waals surface area contributed by atoms with Crippen LogP contribution in [0.25, 0.3) is 0 Å². The lowest BCUT2D eigenvalue weighted by atomic mass is 9.90. The van der Waals surface area contributed by atoms with Gasteiger partial charge in [0.15, 0.2) is 0 Å². The van der Waals surface area contributed by atoms with Gasteiger partial charge in [0.2, 0.25) is 0 Å². The molecule has 0 aromatic rings. The monoisotopic (exact) mass is 268 g/mol. The van der Waals surface area contributed by atoms with Crippen molar-refractivity contribution in [3.63, 3.8) is 0 Å². The van der Waals surface area contributed by atoms with E-state index in [1.165, 1.54) is 0 Å². The predicted octanol–water partition coefficient (Wildman–Crippen LogP) is 1.89. The topological polar surface area (TPSA) is 24.5 Å². The van der Waals surface area contributed by atoms with Crippen LogP contribution < -0.4 is 5.32 Å². The molecule has 0 aromatic heterocycles. The molecular formula is C12H23F3N2O. The first-order valence-electron chi connectivity index (χ1n) is 6.36. The highest BCUT2D eigenvalue weighted by atomic mass is 19.4. The van der Waals surface area contributed by atoms with Crippen molar-refractivity contribution in [3.05, 3.63) is 0 Å². The average Bonchev–Trinajstić information content (AvgIpc) is 2.58. The second-order valence-corrected chi connectivity index (χ2v) is 5.39. The van der Waals surface area contributed by atoms with E-state index in [9.17, 15) is 13.2 Å². The van der Waals surface area contributed by atoms with Crippen molar-refractivity contribution in [2.45, 2.75) is 25.9 Å². The third-order valence-electron chi connectivity index (χ3n) is 3.27. The molecular weight excluding hydrogens is 245 g/mol. The Labute approximate surface area is 107 Å². The number of ether oxygens (including phenoxy) is 1. The number of hydrogen-bond acceptors (Lipinski definition) is 3. The summed E-state index contributed by atoms with van der Waals surface area (Å²) in [6.07, 6.45) is -2.41. The molecule has 1 rings (SSSR count). The largest absolute Gasteiger partial charge is 0.411 e. The molecule has 1 saturated heterocycles. The number of likely N-dealkylation sites (tertiary alicyclic amines) is 1. The van der Waals surface area contributed by atoms with Crippen LogP contribution in [0.5, 0.6) is 0 Å². The fourth-order valence-corrected chi connectivity index (χ4v) is 2.47. The summed E-state index contributed by atoms with van der Waals surface area (Å²) >= 11 is 0. The average molecular weight is 268 g/mol. The van der Waals surface area contributed by atoms with Gasteiger partial charge in [-0.15, -0.1) is 0 Å². The van der Waals surface area contributed by atoms with Gasteiger partial charge in [-0.25, -0.2) is 0 Å². The molecule has 1 aliphatic heterocycles. The van der Waals surface area contributed by atoms with E-state index in [2.05, 4.69) is 21.9 Å². The van der Waals surface area contributed by atoms with Crippen LogP contribution in [0.15, 0.2) is 0 Å². The Hall–Kier alpha value is -0.330. The van der Waals surface area contributed by atoms with Crippen molar-refractivity contribution >= 4 is 0 Å². The lowest BCUT2D eigenvalue weighted by molar-refractivity contribution is -0.174. The zero-order chi connectivity index (χ0) is 13.6. The predicted molar refractivity (Wildman–Crippen MR) is 64.6 cm³/mol. The van der Waals surface area contributed by atoms with Gasteiger partial charge in [0.25, 0.3) is 0 Å². The second kappa shape index (κ2) is 6.73. The van der Waals surface area contributed by atoms with Crippen molar-refractivity contribution in [2.75, 3.05) is 46.4 Å². The molecule has 1 aliphatic rings. The van der Waals surface area contributed by atoms with Crippen LogP contribution in [0, 0.1) is 5.41 Å². The van der Waals surface area contributed by atoms with Crippen LogP contribution >= 0.6 is 0 Å². The van der Waals surface area contributed by atoms with Crippen molar-refractivity contribution < 1.29 is 17.9 Å². The molecule has 0 spiro atoms. The van der Waals surface area contributed by atoms with Gasteiger partial charge in [0.1, 0.15) is 6.61 Å². The molecule has 18 heavy (non-hydrogen) atoms. The van der Waals surface area contributed by atoms with E-state index in [4.69, 9.17) is 0 Å². The van der Waals surface area contributed by atoms with E-state index < -0.39 is 12.8 Å². The molecule has 0 bridgehead atoms. The molecule has 0 radical (unpaired) electrons. The van der Waals surface area contributed by atoms with Crippen LogP contribution in [0.2, 0.25) is 0 Å². The molecule has 1 unspecified atom stereocenters. The zero-order valence-electron chi connectivity index (χ0n) is 11.1. The third kappa shape index (κ3) is 6.02. The summed E-state index contributed by atoms with van der Waals surface area (Å²) in [5.74, 6) is 0. The van der Waals surface area contributed by atoms with Crippen LogP contribution in [0.3, 0.4) is 0 Å². The minimum absolute atomic E-state index is 0.179. The van der Waals surface area contributed by atoms with E-state index in [1.807, 2.05) is 7.05 Å². The quantitative estimate of drug-likeness (QED) is 0.714. The molecule has 108 valence electrons. The first kappa shape index (κ1) is 15.7. The SMILES string of the molecule is CNCC1(C)CCN(CCCOCC(F)(F)F)C1. The highest BCUT2D eigenvalue weighted by Gasteiger charge is 2.32. The van der Waals surface area contributed by atoms with Crippen LogP contribution in [-0.2, 0) is 4.74 Å². The summed E-state index contributed by atoms with van der Waals surface area (Å²) in [7, 11) is 1.94. The smallest absolute Gasteiger partial charge is 0.372 e. The first-order valence-corrected chi connectivity index (χ1v) is 6.36. The highest BCUT2D eigenvalue weighted by Crippen LogP contribution is 2.28. The van der Waals surface area contributed by atoms with Crippen molar-refractivity contribution in [1.82, 2.24) is 10.2 Å². The standard InChI is InChI=1S/C12H23F3N2O/c1-11(8-16-2)4-6-17(9-11)5-3-7-18-10-12(13,14)15/h16H,3-10H2,1-2H3. The Morgan fingerprint density at radius 3 is 2.72 bits per heavy atom. The van der Waals surface area contributed by atoms with Gasteiger partial charge in [-0.3, -0.25) is 0 Å². The third-order valence-corrected chi connectivity index (χ3v) is 3.27. The lowest BCUT2D eigenvalue weighted by Crippen LogP contribution is -2.33. The second-order valence-electron chi connectivity index (χ2n) is 5.39. The van der Waals surface area contributed by atoms with E-state index >= 15 is 0 Å². The maximum Gasteiger partial charge on any atom is 0.411 e. The van der Waals surface area contributed by atoms with Crippen LogP contribution in [0.1, 0.15) is 19.8 Å². The number of rotatable bonds is 7. The van der Waals surface area contributed by atoms with Gasteiger partial charge in [-0.1, -0.05) is 6.92 Å². The summed E-state index contributed by atoms with van der Waals surface area (Å²) in [4.78, 5) is 2.30. The maximum absolute atomic E-state index is 11.8. The Bertz CT molecular complexity index is 248. The Kier molecular flexibility index (Phi) is 5.88. The molecule has 1 heterocycles. The van der Waals surface area contributed by atoms with Gasteiger partial charge in [-0.05, 0) is 31.8 Å². The zero-order valence-corrected chi connectivity index (χ0v) is 11.1. The molecule has 0 aliphatic carbocycles. The fourth-order valence-electron chi connectivity index (χ4n) is 2.47. The minimum atomic E-state index is -4.21. The molecule has 1 atom stereocenters. The Balaban J connectivity index is 2.08. The van der Waals surface area contributed by atoms with E-state index in [0.717, 1.165) is 32.6 Å². The molecule has 6 heteroatoms. The number of nitrogens with one attached hydrogen (secondary N) is 1. The molecule has 0 amide bonds. The Morgan fingerprint density at radius 2 is 2.11 bits per heavy atom. The number of alkyl halides is 3. The van der Waals surface area contributed by atoms with Gasteiger partial charge in [-0.2, -0.15) is 13.2 Å². The van der Waals surface area contributed by atoms with Gasteiger partial charge in [0, 0.05) is 26.2 Å². The maximum atomic E-state index is 11.8. The molecule has 3 nitrogen and oxygen atoms in total. The summed E-state index contributed by atoms with van der Waals surface area (Å²) in [5, 5.41) is 3.19. The normalized spacial score (nSPS) is 25.8. The summed E-state index contributed by atoms with van der Waals surface area (Å²) in [6.45, 7) is 5.11. The number of hydrogen-bond donors (Lipinski definition) is 1. The van der Waals surface area contributed by atoms with Gasteiger partial charge >= 0.3 is 6.18 Å². The van der Waals surface area contributed by atoms with Gasteiger partial charge in [0.05, 0.1) is 0 Å². The van der Waals surface area contributed by atoms with Crippen LogP contribution in [0.4, 0.5) is 13.2 Å². The van der Waals surface area contributed by atoms with Gasteiger partial charge < -0.3 is 15.0 Å². The molecule has 1 N–H and O–H groups in total. The summed E-state index contributed by atoms with van der Waals surface area (Å²) < 4.78 is 40.1. The number of halogens is 3. The van der Waals surface area contributed by atoms with E-state index in [-0.39, 0.29) is 6.61 Å². The number of nitrogens with zero attached hydrogens (tertiary/aromatic N) is 1. The Morgan fingerprint density at radius 1 is 1.39 bits per heavy atom. The molecule has 0 aromatic carbocycles. The summed E-state index contributed by atoms with van der Waals surface area (Å²) in [6, 6.07) is 0. The van der Waals surface area contributed by atoms with Crippen LogP contribution in [-0.4, -0.2) is 57.5 Å². The van der Waals surface area contributed by atoms with Crippen molar-refractivity contribution in [1.29, 1.82) is 0 Å². The van der Waals surface area contributed by atoms with E-state index in [1.54, 1.807) is 0 Å². The molecule has 0 saturated carbocycles. The highest BCUT2D eigenvalue weighted by molar-refractivity contribution is 4.87. The van der Waals surface area contributed by atoms with E-state index in [0.29, 0.717) is 11.8 Å².